The Morgan fingerprint density at radius 1 is 1.14 bits per heavy atom. The van der Waals surface area contributed by atoms with E-state index in [4.69, 9.17) is 4.74 Å². The Morgan fingerprint density at radius 3 is 2.45 bits per heavy atom. The zero-order valence-electron chi connectivity index (χ0n) is 16.9. The molecule has 1 N–H and O–H groups in total. The Kier molecular flexibility index (Phi) is 7.31. The smallest absolute Gasteiger partial charge is 0.262 e. The summed E-state index contributed by atoms with van der Waals surface area (Å²) in [6.07, 6.45) is 3.20. The van der Waals surface area contributed by atoms with Crippen LogP contribution in [0.1, 0.15) is 54.9 Å². The lowest BCUT2D eigenvalue weighted by atomic mass is 9.99. The van der Waals surface area contributed by atoms with E-state index in [0.29, 0.717) is 22.9 Å². The Labute approximate surface area is 180 Å². The van der Waals surface area contributed by atoms with E-state index in [9.17, 15) is 9.59 Å². The van der Waals surface area contributed by atoms with Crippen molar-refractivity contribution >= 4 is 33.4 Å². The maximum absolute atomic E-state index is 12.4. The van der Waals surface area contributed by atoms with Crippen LogP contribution < -0.4 is 10.1 Å². The molecule has 6 heteroatoms. The number of carbonyl (C=O) groups excluding carboxylic acids is 2. The van der Waals surface area contributed by atoms with Crippen molar-refractivity contribution in [3.05, 3.63) is 58.1 Å². The fourth-order valence-corrected chi connectivity index (χ4v) is 3.83. The topological polar surface area (TPSA) is 58.6 Å². The second-order valence-electron chi connectivity index (χ2n) is 7.41. The Bertz CT molecular complexity index is 861. The molecule has 5 nitrogen and oxygen atoms in total. The van der Waals surface area contributed by atoms with Crippen molar-refractivity contribution in [3.63, 3.8) is 0 Å². The van der Waals surface area contributed by atoms with Gasteiger partial charge in [0, 0.05) is 24.3 Å². The van der Waals surface area contributed by atoms with Gasteiger partial charge in [0.25, 0.3) is 11.8 Å². The molecule has 0 bridgehead atoms. The molecule has 1 atom stereocenters. The van der Waals surface area contributed by atoms with Crippen LogP contribution in [0.4, 0.5) is 5.69 Å². The van der Waals surface area contributed by atoms with Gasteiger partial charge >= 0.3 is 0 Å². The number of hydrogen-bond acceptors (Lipinski definition) is 3. The predicted octanol–water partition coefficient (Wildman–Crippen LogP) is 5.22. The second-order valence-corrected chi connectivity index (χ2v) is 8.27. The van der Waals surface area contributed by atoms with Crippen LogP contribution in [0, 0.1) is 0 Å². The highest BCUT2D eigenvalue weighted by atomic mass is 79.9. The monoisotopic (exact) mass is 458 g/mol. The van der Waals surface area contributed by atoms with Gasteiger partial charge in [-0.3, -0.25) is 9.59 Å². The van der Waals surface area contributed by atoms with Crippen molar-refractivity contribution in [3.8, 4) is 5.75 Å². The van der Waals surface area contributed by atoms with Gasteiger partial charge in [-0.15, -0.1) is 0 Å². The molecule has 0 radical (unpaired) electrons. The first-order valence-electron chi connectivity index (χ1n) is 10.1. The van der Waals surface area contributed by atoms with Gasteiger partial charge in [0.05, 0.1) is 4.47 Å². The number of anilines is 1. The standard InChI is InChI=1S/C23H27BrN2O3/c1-3-16(2)18-8-11-21(20(24)14-18)29-15-22(27)25-19-9-6-17(7-10-19)23(28)26-12-4-5-13-26/h6-11,14,16H,3-5,12-13,15H2,1-2H3,(H,25,27). The summed E-state index contributed by atoms with van der Waals surface area (Å²) in [6, 6.07) is 13.0. The lowest BCUT2D eigenvalue weighted by molar-refractivity contribution is -0.118. The Hall–Kier alpha value is -2.34. The number of likely N-dealkylation sites (tertiary alicyclic amines) is 1. The third kappa shape index (κ3) is 5.60. The SMILES string of the molecule is CCC(C)c1ccc(OCC(=O)Nc2ccc(C(=O)N3CCCC3)cc2)c(Br)c1. The van der Waals surface area contributed by atoms with E-state index in [2.05, 4.69) is 35.1 Å². The van der Waals surface area contributed by atoms with Crippen LogP contribution in [-0.4, -0.2) is 36.4 Å². The summed E-state index contributed by atoms with van der Waals surface area (Å²) in [6.45, 7) is 5.89. The van der Waals surface area contributed by atoms with Gasteiger partial charge < -0.3 is 15.0 Å². The molecule has 1 aliphatic rings. The highest BCUT2D eigenvalue weighted by Crippen LogP contribution is 2.30. The van der Waals surface area contributed by atoms with Gasteiger partial charge in [-0.05, 0) is 83.1 Å². The Balaban J connectivity index is 1.52. The highest BCUT2D eigenvalue weighted by Gasteiger charge is 2.19. The van der Waals surface area contributed by atoms with Crippen LogP contribution in [0.2, 0.25) is 0 Å². The molecule has 1 heterocycles. The molecular formula is C23H27BrN2O3. The summed E-state index contributed by atoms with van der Waals surface area (Å²) in [7, 11) is 0. The summed E-state index contributed by atoms with van der Waals surface area (Å²) in [5.74, 6) is 0.915. The van der Waals surface area contributed by atoms with Crippen LogP contribution >= 0.6 is 15.9 Å². The zero-order valence-corrected chi connectivity index (χ0v) is 18.5. The summed E-state index contributed by atoms with van der Waals surface area (Å²) in [5.41, 5.74) is 2.52. The highest BCUT2D eigenvalue weighted by molar-refractivity contribution is 9.10. The molecule has 0 aromatic heterocycles. The average Bonchev–Trinajstić information content (AvgIpc) is 3.27. The lowest BCUT2D eigenvalue weighted by Crippen LogP contribution is -2.27. The molecule has 2 aromatic rings. The number of halogens is 1. The van der Waals surface area contributed by atoms with Gasteiger partial charge in [0.15, 0.2) is 6.61 Å². The van der Waals surface area contributed by atoms with Gasteiger partial charge in [0.1, 0.15) is 5.75 Å². The van der Waals surface area contributed by atoms with Crippen LogP contribution in [0.3, 0.4) is 0 Å². The number of nitrogens with zero attached hydrogens (tertiary/aromatic N) is 1. The molecular weight excluding hydrogens is 432 g/mol. The first-order chi connectivity index (χ1) is 14.0. The average molecular weight is 459 g/mol. The van der Waals surface area contributed by atoms with E-state index in [0.717, 1.165) is 36.8 Å². The summed E-state index contributed by atoms with van der Waals surface area (Å²) in [4.78, 5) is 26.5. The van der Waals surface area contributed by atoms with Gasteiger partial charge in [0.2, 0.25) is 0 Å². The summed E-state index contributed by atoms with van der Waals surface area (Å²) in [5, 5.41) is 2.80. The van der Waals surface area contributed by atoms with Crippen molar-refractivity contribution in [2.75, 3.05) is 25.0 Å². The van der Waals surface area contributed by atoms with Crippen LogP contribution in [0.25, 0.3) is 0 Å². The van der Waals surface area contributed by atoms with E-state index in [1.165, 1.54) is 5.56 Å². The predicted molar refractivity (Wildman–Crippen MR) is 119 cm³/mol. The third-order valence-electron chi connectivity index (χ3n) is 5.30. The van der Waals surface area contributed by atoms with Crippen molar-refractivity contribution in [1.29, 1.82) is 0 Å². The quantitative estimate of drug-likeness (QED) is 0.618. The summed E-state index contributed by atoms with van der Waals surface area (Å²) < 4.78 is 6.49. The molecule has 2 aromatic carbocycles. The molecule has 0 spiro atoms. The van der Waals surface area contributed by atoms with E-state index >= 15 is 0 Å². The van der Waals surface area contributed by atoms with Gasteiger partial charge in [-0.25, -0.2) is 0 Å². The largest absolute Gasteiger partial charge is 0.483 e. The van der Waals surface area contributed by atoms with E-state index in [1.807, 2.05) is 23.1 Å². The molecule has 0 aliphatic carbocycles. The van der Waals surface area contributed by atoms with E-state index in [1.54, 1.807) is 24.3 Å². The molecule has 1 fully saturated rings. The van der Waals surface area contributed by atoms with Gasteiger partial charge in [-0.2, -0.15) is 0 Å². The fraction of sp³-hybridized carbons (Fsp3) is 0.391. The number of amides is 2. The molecule has 29 heavy (non-hydrogen) atoms. The fourth-order valence-electron chi connectivity index (χ4n) is 3.32. The van der Waals surface area contributed by atoms with Crippen molar-refractivity contribution in [1.82, 2.24) is 4.90 Å². The lowest BCUT2D eigenvalue weighted by Gasteiger charge is -2.15. The number of hydrogen-bond donors (Lipinski definition) is 1. The Morgan fingerprint density at radius 2 is 1.83 bits per heavy atom. The van der Waals surface area contributed by atoms with E-state index < -0.39 is 0 Å². The minimum atomic E-state index is -0.249. The first-order valence-corrected chi connectivity index (χ1v) is 10.9. The minimum Gasteiger partial charge on any atom is -0.483 e. The van der Waals surface area contributed by atoms with Crippen LogP contribution in [0.5, 0.6) is 5.75 Å². The minimum absolute atomic E-state index is 0.0504. The third-order valence-corrected chi connectivity index (χ3v) is 5.92. The summed E-state index contributed by atoms with van der Waals surface area (Å²) >= 11 is 3.52. The van der Waals surface area contributed by atoms with Crippen molar-refractivity contribution in [2.45, 2.75) is 39.0 Å². The van der Waals surface area contributed by atoms with Crippen LogP contribution in [0.15, 0.2) is 46.9 Å². The number of benzene rings is 2. The number of nitrogens with one attached hydrogen (secondary N) is 1. The number of ether oxygens (including phenoxy) is 1. The van der Waals surface area contributed by atoms with Crippen molar-refractivity contribution < 1.29 is 14.3 Å². The molecule has 3 rings (SSSR count). The molecule has 2 amide bonds. The second kappa shape index (κ2) is 9.92. The molecule has 1 aliphatic heterocycles. The molecule has 0 saturated carbocycles. The normalized spacial score (nSPS) is 14.5. The van der Waals surface area contributed by atoms with E-state index in [-0.39, 0.29) is 18.4 Å². The number of carbonyl (C=O) groups is 2. The maximum atomic E-state index is 12.4. The first kappa shape index (κ1) is 21.4. The number of rotatable bonds is 7. The molecule has 1 unspecified atom stereocenters. The van der Waals surface area contributed by atoms with Crippen LogP contribution in [-0.2, 0) is 4.79 Å². The molecule has 1 saturated heterocycles. The van der Waals surface area contributed by atoms with Gasteiger partial charge in [-0.1, -0.05) is 19.9 Å². The molecule has 154 valence electrons. The maximum Gasteiger partial charge on any atom is 0.262 e. The zero-order chi connectivity index (χ0) is 20.8. The van der Waals surface area contributed by atoms with Crippen molar-refractivity contribution in [2.24, 2.45) is 0 Å².